The molecule has 3 rings (SSSR count). The molecule has 9 heteroatoms. The second-order valence-corrected chi connectivity index (χ2v) is 5.94. The lowest BCUT2D eigenvalue weighted by molar-refractivity contribution is -0.136. The van der Waals surface area contributed by atoms with E-state index in [1.54, 1.807) is 6.92 Å². The van der Waals surface area contributed by atoms with Gasteiger partial charge in [-0.25, -0.2) is 14.1 Å². The molecule has 0 aliphatic rings. The molecule has 3 aromatic rings. The molecule has 0 fully saturated rings. The molecule has 0 aliphatic heterocycles. The van der Waals surface area contributed by atoms with Crippen LogP contribution in [0.5, 0.6) is 0 Å². The number of nitrogens with zero attached hydrogens (tertiary/aromatic N) is 2. The van der Waals surface area contributed by atoms with Gasteiger partial charge in [-0.1, -0.05) is 13.0 Å². The summed E-state index contributed by atoms with van der Waals surface area (Å²) in [7, 11) is 0. The fourth-order valence-corrected chi connectivity index (χ4v) is 2.68. The molecule has 0 amide bonds. The Balaban J connectivity index is 2.29. The third kappa shape index (κ3) is 3.63. The van der Waals surface area contributed by atoms with Crippen molar-refractivity contribution < 1.29 is 17.6 Å². The number of halogens is 4. The van der Waals surface area contributed by atoms with Gasteiger partial charge >= 0.3 is 6.18 Å². The second kappa shape index (κ2) is 6.99. The first-order valence-electron chi connectivity index (χ1n) is 8.13. The zero-order valence-electron chi connectivity index (χ0n) is 14.2. The first-order valence-corrected chi connectivity index (χ1v) is 8.13. The maximum Gasteiger partial charge on any atom is 0.417 e. The molecule has 27 heavy (non-hydrogen) atoms. The van der Waals surface area contributed by atoms with Crippen LogP contribution in [0, 0.1) is 5.82 Å². The average molecular weight is 380 g/mol. The molecule has 0 radical (unpaired) electrons. The number of benzene rings is 2. The molecule has 0 spiro atoms. The maximum atomic E-state index is 13.4. The van der Waals surface area contributed by atoms with E-state index in [0.717, 1.165) is 22.9 Å². The Morgan fingerprint density at radius 1 is 1.19 bits per heavy atom. The fourth-order valence-electron chi connectivity index (χ4n) is 2.68. The van der Waals surface area contributed by atoms with Crippen molar-refractivity contribution in [1.29, 1.82) is 0 Å². The van der Waals surface area contributed by atoms with Crippen LogP contribution < -0.4 is 16.7 Å². The molecule has 0 bridgehead atoms. The van der Waals surface area contributed by atoms with Crippen LogP contribution in [0.1, 0.15) is 30.8 Å². The molecule has 0 saturated carbocycles. The van der Waals surface area contributed by atoms with Gasteiger partial charge < -0.3 is 5.73 Å². The third-order valence-electron chi connectivity index (χ3n) is 4.09. The lowest BCUT2D eigenvalue weighted by Gasteiger charge is -2.20. The monoisotopic (exact) mass is 380 g/mol. The molecule has 3 N–H and O–H groups in total. The van der Waals surface area contributed by atoms with Gasteiger partial charge in [0.15, 0.2) is 0 Å². The Kier molecular flexibility index (Phi) is 4.88. The summed E-state index contributed by atoms with van der Waals surface area (Å²) in [4.78, 5) is 17.1. The van der Waals surface area contributed by atoms with Crippen molar-refractivity contribution in [3.05, 3.63) is 70.0 Å². The van der Waals surface area contributed by atoms with Crippen LogP contribution >= 0.6 is 0 Å². The highest BCUT2D eigenvalue weighted by atomic mass is 19.4. The number of nitrogens with one attached hydrogen (secondary N) is 1. The van der Waals surface area contributed by atoms with E-state index < -0.39 is 34.5 Å². The van der Waals surface area contributed by atoms with Crippen molar-refractivity contribution in [3.8, 4) is 0 Å². The third-order valence-corrected chi connectivity index (χ3v) is 4.09. The quantitative estimate of drug-likeness (QED) is 0.675. The Bertz CT molecular complexity index is 1030. The van der Waals surface area contributed by atoms with Crippen molar-refractivity contribution in [2.75, 3.05) is 5.43 Å². The van der Waals surface area contributed by atoms with E-state index >= 15 is 0 Å². The van der Waals surface area contributed by atoms with E-state index in [4.69, 9.17) is 5.73 Å². The number of nitrogens with two attached hydrogens (primary N) is 1. The van der Waals surface area contributed by atoms with Gasteiger partial charge in [0.05, 0.1) is 28.2 Å². The topological polar surface area (TPSA) is 72.9 Å². The minimum atomic E-state index is -4.72. The van der Waals surface area contributed by atoms with Gasteiger partial charge in [-0.3, -0.25) is 10.2 Å². The van der Waals surface area contributed by atoms with Crippen molar-refractivity contribution in [1.82, 2.24) is 9.66 Å². The molecule has 2 aromatic carbocycles. The number of hydrogen-bond donors (Lipinski definition) is 2. The van der Waals surface area contributed by atoms with Crippen LogP contribution in [0.25, 0.3) is 10.9 Å². The molecule has 5 nitrogen and oxygen atoms in total. The zero-order valence-corrected chi connectivity index (χ0v) is 14.2. The highest BCUT2D eigenvalue weighted by Crippen LogP contribution is 2.33. The number of rotatable bonds is 4. The minimum absolute atomic E-state index is 0.0821. The van der Waals surface area contributed by atoms with Crippen LogP contribution in [0.2, 0.25) is 0 Å². The van der Waals surface area contributed by atoms with Crippen LogP contribution in [0.4, 0.5) is 23.2 Å². The second-order valence-electron chi connectivity index (χ2n) is 5.94. The predicted octanol–water partition coefficient (Wildman–Crippen LogP) is 3.84. The average Bonchev–Trinajstić information content (AvgIpc) is 2.63. The summed E-state index contributed by atoms with van der Waals surface area (Å²) < 4.78 is 54.1. The highest BCUT2D eigenvalue weighted by molar-refractivity contribution is 5.82. The van der Waals surface area contributed by atoms with Gasteiger partial charge in [0.25, 0.3) is 5.56 Å². The largest absolute Gasteiger partial charge is 0.417 e. The lowest BCUT2D eigenvalue weighted by Crippen LogP contribution is -2.34. The normalized spacial score (nSPS) is 13.0. The Labute approximate surface area is 151 Å². The van der Waals surface area contributed by atoms with Gasteiger partial charge in [0.2, 0.25) is 0 Å². The van der Waals surface area contributed by atoms with E-state index in [-0.39, 0.29) is 11.3 Å². The minimum Gasteiger partial charge on any atom is -0.321 e. The molecule has 1 heterocycles. The SMILES string of the molecule is CCC(N)c1nc2cccc(C(F)(F)F)c2c(=O)n1Nc1ccc(F)cc1. The molecule has 1 unspecified atom stereocenters. The molecular weight excluding hydrogens is 364 g/mol. The van der Waals surface area contributed by atoms with Gasteiger partial charge in [-0.05, 0) is 42.8 Å². The van der Waals surface area contributed by atoms with Gasteiger partial charge in [-0.15, -0.1) is 0 Å². The van der Waals surface area contributed by atoms with Crippen LogP contribution in [-0.2, 0) is 6.18 Å². The summed E-state index contributed by atoms with van der Waals surface area (Å²) in [5.74, 6) is -0.409. The molecule has 0 aliphatic carbocycles. The number of alkyl halides is 3. The molecule has 1 atom stereocenters. The Morgan fingerprint density at radius 2 is 1.85 bits per heavy atom. The molecule has 142 valence electrons. The smallest absolute Gasteiger partial charge is 0.321 e. The fraction of sp³-hybridized carbons (Fsp3) is 0.222. The summed E-state index contributed by atoms with van der Waals surface area (Å²) in [5.41, 5.74) is 6.89. The summed E-state index contributed by atoms with van der Waals surface area (Å²) in [6.07, 6.45) is -4.32. The summed E-state index contributed by atoms with van der Waals surface area (Å²) in [6, 6.07) is 7.67. The van der Waals surface area contributed by atoms with E-state index in [1.165, 1.54) is 24.3 Å². The Morgan fingerprint density at radius 3 is 2.44 bits per heavy atom. The number of aromatic nitrogens is 2. The summed E-state index contributed by atoms with van der Waals surface area (Å²) in [5, 5.41) is -0.563. The van der Waals surface area contributed by atoms with Crippen molar-refractivity contribution in [2.24, 2.45) is 5.73 Å². The molecular formula is C18H16F4N4O. The summed E-state index contributed by atoms with van der Waals surface area (Å²) in [6.45, 7) is 1.76. The summed E-state index contributed by atoms with van der Waals surface area (Å²) >= 11 is 0. The first-order chi connectivity index (χ1) is 12.7. The number of hydrogen-bond acceptors (Lipinski definition) is 4. The van der Waals surface area contributed by atoms with Crippen molar-refractivity contribution in [3.63, 3.8) is 0 Å². The number of anilines is 1. The van der Waals surface area contributed by atoms with E-state index in [0.29, 0.717) is 12.1 Å². The van der Waals surface area contributed by atoms with E-state index in [1.807, 2.05) is 0 Å². The number of fused-ring (bicyclic) bond motifs is 1. The lowest BCUT2D eigenvalue weighted by atomic mass is 10.1. The van der Waals surface area contributed by atoms with Gasteiger partial charge in [0.1, 0.15) is 11.6 Å². The van der Waals surface area contributed by atoms with Crippen molar-refractivity contribution >= 4 is 16.6 Å². The maximum absolute atomic E-state index is 13.4. The van der Waals surface area contributed by atoms with Gasteiger partial charge in [-0.2, -0.15) is 13.2 Å². The van der Waals surface area contributed by atoms with E-state index in [9.17, 15) is 22.4 Å². The van der Waals surface area contributed by atoms with Crippen LogP contribution in [0.3, 0.4) is 0 Å². The van der Waals surface area contributed by atoms with Crippen LogP contribution in [-0.4, -0.2) is 9.66 Å². The van der Waals surface area contributed by atoms with Crippen LogP contribution in [0.15, 0.2) is 47.3 Å². The predicted molar refractivity (Wildman–Crippen MR) is 93.6 cm³/mol. The van der Waals surface area contributed by atoms with Gasteiger partial charge in [0, 0.05) is 0 Å². The van der Waals surface area contributed by atoms with Crippen molar-refractivity contribution in [2.45, 2.75) is 25.6 Å². The first kappa shape index (κ1) is 18.8. The standard InChI is InChI=1S/C18H16F4N4O/c1-2-13(23)16-24-14-5-3-4-12(18(20,21)22)15(14)17(27)26(16)25-11-8-6-10(19)7-9-11/h3-9,13,25H,2,23H2,1H3. The Hall–Kier alpha value is -2.94. The molecule has 1 aromatic heterocycles. The highest BCUT2D eigenvalue weighted by Gasteiger charge is 2.34. The van der Waals surface area contributed by atoms with E-state index in [2.05, 4.69) is 10.4 Å². The zero-order chi connectivity index (χ0) is 19.8. The molecule has 0 saturated heterocycles.